The number of aromatic nitrogens is 1. The number of carbonyl (C=O) groups excluding carboxylic acids is 1. The van der Waals surface area contributed by atoms with Crippen LogP contribution in [0.4, 0.5) is 0 Å². The topological polar surface area (TPSA) is 263 Å². The summed E-state index contributed by atoms with van der Waals surface area (Å²) in [6, 6.07) is 26.4. The fourth-order valence-corrected chi connectivity index (χ4v) is 9.65. The molecule has 0 unspecified atom stereocenters. The third kappa shape index (κ3) is 14.0. The van der Waals surface area contributed by atoms with E-state index >= 15 is 0 Å². The molecule has 0 amide bonds. The van der Waals surface area contributed by atoms with Crippen LogP contribution in [-0.2, 0) is 31.0 Å². The molecule has 0 radical (unpaired) electrons. The molecule has 2 aliphatic heterocycles. The number of hydrogen-bond acceptors (Lipinski definition) is 16. The standard InChI is InChI=1S/C35H36ClNO3S.C12H22O11.Na/c1-34(2,40)30-9-4-3-7-25(30)13-17-32(41-23-35(18-19-35)22-33(38)39)27-8-5-6-24(20-27)10-15-29-16-12-26-11-14-28(36)21-31(26)37-29;13-1-3-5(15)6(16)9(19)12(22-3)23-10-4(2-14)21-11(20)8(18)7(10)17;/h3-12,14-16,20-21,32,40H,13,17-19,22-23H2,1-2H3,(H,38,39);3-20H,1-2H2;/q;;+1/p-1/b15-10+;;/t32-;3-,4-,5+,6+,7-,8-,9-,10-,11-,12+;/m11./s1. The molecule has 348 valence electrons. The van der Waals surface area contributed by atoms with Gasteiger partial charge < -0.3 is 70.1 Å². The van der Waals surface area contributed by atoms with Crippen molar-refractivity contribution < 1.29 is 99.6 Å². The molecule has 2 saturated heterocycles. The molecule has 3 aliphatic rings. The molecule has 3 aromatic carbocycles. The van der Waals surface area contributed by atoms with E-state index in [1.807, 2.05) is 80.2 Å². The summed E-state index contributed by atoms with van der Waals surface area (Å²) in [5.74, 6) is -0.168. The Morgan fingerprint density at radius 1 is 0.892 bits per heavy atom. The van der Waals surface area contributed by atoms with Crippen molar-refractivity contribution in [2.24, 2.45) is 5.41 Å². The Morgan fingerprint density at radius 2 is 1.60 bits per heavy atom. The molecule has 3 fully saturated rings. The predicted molar refractivity (Wildman–Crippen MR) is 237 cm³/mol. The minimum Gasteiger partial charge on any atom is -0.550 e. The number of aliphatic carboxylic acids is 1. The van der Waals surface area contributed by atoms with Crippen LogP contribution in [0, 0.1) is 5.41 Å². The van der Waals surface area contributed by atoms with E-state index in [9.17, 15) is 50.8 Å². The summed E-state index contributed by atoms with van der Waals surface area (Å²) in [5, 5.41) is 100. The Balaban J connectivity index is 0.000000281. The largest absolute Gasteiger partial charge is 1.00 e. The van der Waals surface area contributed by atoms with Crippen LogP contribution in [0.5, 0.6) is 0 Å². The second-order valence-electron chi connectivity index (χ2n) is 17.2. The van der Waals surface area contributed by atoms with Gasteiger partial charge in [-0.25, -0.2) is 4.98 Å². The van der Waals surface area contributed by atoms with Gasteiger partial charge in [-0.2, -0.15) is 11.8 Å². The maximum Gasteiger partial charge on any atom is 1.00 e. The van der Waals surface area contributed by atoms with Crippen LogP contribution in [0.25, 0.3) is 23.1 Å². The van der Waals surface area contributed by atoms with Gasteiger partial charge in [0.1, 0.15) is 48.8 Å². The molecule has 7 rings (SSSR count). The van der Waals surface area contributed by atoms with Gasteiger partial charge in [-0.1, -0.05) is 78.3 Å². The number of carbonyl (C=O) groups is 1. The average molecular weight is 950 g/mol. The molecule has 9 N–H and O–H groups in total. The van der Waals surface area contributed by atoms with E-state index < -0.39 is 86.2 Å². The predicted octanol–water partition coefficient (Wildman–Crippen LogP) is -0.780. The summed E-state index contributed by atoms with van der Waals surface area (Å²) in [4.78, 5) is 16.1. The van der Waals surface area contributed by atoms with Crippen molar-refractivity contribution >= 4 is 52.4 Å². The number of aliphatic hydroxyl groups is 9. The molecule has 0 spiro atoms. The molecule has 11 atom stereocenters. The van der Waals surface area contributed by atoms with E-state index in [2.05, 4.69) is 36.4 Å². The van der Waals surface area contributed by atoms with Gasteiger partial charge in [-0.3, -0.25) is 0 Å². The Labute approximate surface area is 409 Å². The van der Waals surface area contributed by atoms with Crippen molar-refractivity contribution in [3.05, 3.63) is 112 Å². The Bertz CT molecular complexity index is 2210. The van der Waals surface area contributed by atoms with Gasteiger partial charge in [0.05, 0.1) is 30.0 Å². The third-order valence-electron chi connectivity index (χ3n) is 11.8. The summed E-state index contributed by atoms with van der Waals surface area (Å²) >= 11 is 8.01. The van der Waals surface area contributed by atoms with Crippen LogP contribution >= 0.6 is 23.4 Å². The summed E-state index contributed by atoms with van der Waals surface area (Å²) in [7, 11) is 0. The average Bonchev–Trinajstić information content (AvgIpc) is 4.03. The number of benzene rings is 3. The van der Waals surface area contributed by atoms with Gasteiger partial charge >= 0.3 is 29.6 Å². The summed E-state index contributed by atoms with van der Waals surface area (Å²) in [5.41, 5.74) is 5.03. The Morgan fingerprint density at radius 3 is 2.28 bits per heavy atom. The van der Waals surface area contributed by atoms with Gasteiger partial charge in [0.15, 0.2) is 12.6 Å². The number of pyridine rings is 1. The van der Waals surface area contributed by atoms with Gasteiger partial charge in [0.2, 0.25) is 0 Å². The van der Waals surface area contributed by atoms with Crippen LogP contribution < -0.4 is 34.7 Å². The first-order valence-electron chi connectivity index (χ1n) is 21.1. The van der Waals surface area contributed by atoms with Crippen molar-refractivity contribution in [2.75, 3.05) is 19.0 Å². The first kappa shape index (κ1) is 53.4. The van der Waals surface area contributed by atoms with Crippen molar-refractivity contribution in [2.45, 2.75) is 118 Å². The number of nitrogens with zero attached hydrogens (tertiary/aromatic N) is 1. The number of aryl methyl sites for hydroxylation is 1. The molecular weight excluding hydrogens is 893 g/mol. The Kier molecular flexibility index (Phi) is 19.4. The minimum absolute atomic E-state index is 0. The van der Waals surface area contributed by atoms with E-state index in [-0.39, 0.29) is 46.6 Å². The number of carboxylic acids is 1. The third-order valence-corrected chi connectivity index (χ3v) is 13.7. The molecule has 15 nitrogen and oxygen atoms in total. The van der Waals surface area contributed by atoms with Gasteiger partial charge in [-0.15, -0.1) is 0 Å². The number of thioether (sulfide) groups is 1. The van der Waals surface area contributed by atoms with E-state index in [0.717, 1.165) is 64.7 Å². The quantitative estimate of drug-likeness (QED) is 0.0625. The van der Waals surface area contributed by atoms with Crippen LogP contribution in [-0.4, -0.2) is 137 Å². The van der Waals surface area contributed by atoms with Crippen molar-refractivity contribution in [1.82, 2.24) is 4.98 Å². The zero-order valence-corrected chi connectivity index (χ0v) is 40.0. The van der Waals surface area contributed by atoms with Crippen molar-refractivity contribution in [3.8, 4) is 0 Å². The number of halogens is 1. The smallest absolute Gasteiger partial charge is 0.550 e. The van der Waals surface area contributed by atoms with E-state index in [0.29, 0.717) is 5.02 Å². The zero-order valence-electron chi connectivity index (χ0n) is 36.5. The van der Waals surface area contributed by atoms with Gasteiger partial charge in [0, 0.05) is 21.6 Å². The summed E-state index contributed by atoms with van der Waals surface area (Å²) < 4.78 is 15.3. The monoisotopic (exact) mass is 949 g/mol. The molecular formula is C47H57ClNNaO14S. The van der Waals surface area contributed by atoms with Crippen LogP contribution in [0.15, 0.2) is 78.9 Å². The molecule has 3 heterocycles. The molecule has 0 bridgehead atoms. The first-order valence-corrected chi connectivity index (χ1v) is 22.6. The molecule has 1 aromatic heterocycles. The molecule has 1 aliphatic carbocycles. The summed E-state index contributed by atoms with van der Waals surface area (Å²) in [6.45, 7) is 2.30. The normalized spacial score (nSPS) is 27.9. The summed E-state index contributed by atoms with van der Waals surface area (Å²) in [6.07, 6.45) is -7.79. The number of rotatable bonds is 16. The number of ether oxygens (including phenoxy) is 3. The Hall–Kier alpha value is -2.56. The molecule has 4 aromatic rings. The number of hydrogen-bond donors (Lipinski definition) is 9. The second kappa shape index (κ2) is 23.6. The van der Waals surface area contributed by atoms with Gasteiger partial charge in [-0.05, 0) is 104 Å². The van der Waals surface area contributed by atoms with Crippen molar-refractivity contribution in [1.29, 1.82) is 0 Å². The van der Waals surface area contributed by atoms with Gasteiger partial charge in [0.25, 0.3) is 0 Å². The second-order valence-corrected chi connectivity index (χ2v) is 18.8. The van der Waals surface area contributed by atoms with Crippen LogP contribution in [0.1, 0.15) is 72.7 Å². The van der Waals surface area contributed by atoms with E-state index in [4.69, 9.17) is 35.9 Å². The number of aliphatic hydroxyl groups excluding tert-OH is 8. The fraction of sp³-hybridized carbons (Fsp3) is 0.489. The molecule has 18 heteroatoms. The SMILES string of the molecule is CC(C)(O)c1ccccc1CC[C@@H](SCC1(CC(=O)[O-])CC1)c1cccc(/C=C/c2ccc3ccc(Cl)cc3n2)c1.OC[C@H]1O[C@@H](O[C@H]2[C@H](O)[C@@H](O)[C@H](O)O[C@@H]2CO)[C@H](O)[C@@H](O)[C@H]1O.[Na+]. The first-order chi connectivity index (χ1) is 30.4. The van der Waals surface area contributed by atoms with Crippen LogP contribution in [0.3, 0.4) is 0 Å². The zero-order chi connectivity index (χ0) is 46.3. The van der Waals surface area contributed by atoms with Crippen molar-refractivity contribution in [3.63, 3.8) is 0 Å². The maximum absolute atomic E-state index is 11.4. The minimum atomic E-state index is -1.74. The molecule has 65 heavy (non-hydrogen) atoms. The maximum atomic E-state index is 11.4. The number of carboxylic acid groups (broad SMARTS) is 1. The van der Waals surface area contributed by atoms with E-state index in [1.165, 1.54) is 5.56 Å². The number of fused-ring (bicyclic) bond motifs is 1. The van der Waals surface area contributed by atoms with Crippen LogP contribution in [0.2, 0.25) is 5.02 Å². The fourth-order valence-electron chi connectivity index (χ4n) is 7.91. The molecule has 1 saturated carbocycles. The van der Waals surface area contributed by atoms with E-state index in [1.54, 1.807) is 0 Å².